The van der Waals surface area contributed by atoms with Crippen LogP contribution in [0.25, 0.3) is 0 Å². The van der Waals surface area contributed by atoms with Gasteiger partial charge in [0.1, 0.15) is 0 Å². The van der Waals surface area contributed by atoms with E-state index in [1.54, 1.807) is 0 Å². The first-order chi connectivity index (χ1) is 24.0. The molecular formula is C44H87KO4S. The van der Waals surface area contributed by atoms with Crippen LogP contribution in [0.15, 0.2) is 12.2 Å². The Balaban J connectivity index is 0. The molecule has 0 saturated carbocycles. The molecule has 50 heavy (non-hydrogen) atoms. The Kier molecular flexibility index (Phi) is 47.6. The topological polar surface area (TPSA) is 66.4 Å². The van der Waals surface area contributed by atoms with Crippen LogP contribution in [0.2, 0.25) is 0 Å². The quantitative estimate of drug-likeness (QED) is 0.0205. The van der Waals surface area contributed by atoms with Gasteiger partial charge in [0.15, 0.2) is 0 Å². The molecule has 0 bridgehead atoms. The van der Waals surface area contributed by atoms with Crippen LogP contribution in [0.3, 0.4) is 0 Å². The van der Waals surface area contributed by atoms with E-state index in [-0.39, 0.29) is 63.9 Å². The molecule has 0 radical (unpaired) electrons. The van der Waals surface area contributed by atoms with E-state index in [0.29, 0.717) is 0 Å². The minimum absolute atomic E-state index is 0. The van der Waals surface area contributed by atoms with Gasteiger partial charge in [0.2, 0.25) is 10.4 Å². The number of allylic oxidation sites excluding steroid dienone is 1. The molecule has 0 spiro atoms. The summed E-state index contributed by atoms with van der Waals surface area (Å²) in [5, 5.41) is 0. The molecule has 0 heterocycles. The minimum atomic E-state index is -4.63. The Bertz CT molecular complexity index is 757. The molecule has 1 atom stereocenters. The SMILES string of the molecule is CCCCCCCCCCCCCCCCCCCC/C=C/C(CCCCCCCCCCCCCCCCCCCC)COS(=O)(=O)[O-].[K+]. The van der Waals surface area contributed by atoms with Crippen molar-refractivity contribution in [2.75, 3.05) is 6.61 Å². The first kappa shape index (κ1) is 53.3. The molecule has 4 nitrogen and oxygen atoms in total. The molecule has 0 rings (SSSR count). The van der Waals surface area contributed by atoms with Gasteiger partial charge < -0.3 is 4.55 Å². The summed E-state index contributed by atoms with van der Waals surface area (Å²) in [6.45, 7) is 4.56. The first-order valence-corrected chi connectivity index (χ1v) is 23.6. The third-order valence-corrected chi connectivity index (χ3v) is 10.9. The van der Waals surface area contributed by atoms with Gasteiger partial charge in [-0.3, -0.25) is 4.18 Å². The molecular weight excluding hydrogens is 664 g/mol. The Morgan fingerprint density at radius 3 is 0.980 bits per heavy atom. The molecule has 0 fully saturated rings. The number of hydrogen-bond donors (Lipinski definition) is 0. The summed E-state index contributed by atoms with van der Waals surface area (Å²) in [6, 6.07) is 0. The van der Waals surface area contributed by atoms with Crippen molar-refractivity contribution in [1.82, 2.24) is 0 Å². The van der Waals surface area contributed by atoms with E-state index in [0.717, 1.165) is 19.3 Å². The molecule has 0 aromatic carbocycles. The monoisotopic (exact) mass is 751 g/mol. The maximum atomic E-state index is 11.0. The van der Waals surface area contributed by atoms with E-state index in [2.05, 4.69) is 30.2 Å². The average Bonchev–Trinajstić information content (AvgIpc) is 3.08. The van der Waals surface area contributed by atoms with Crippen LogP contribution < -0.4 is 51.4 Å². The van der Waals surface area contributed by atoms with Crippen molar-refractivity contribution in [2.45, 2.75) is 258 Å². The number of unbranched alkanes of at least 4 members (excludes halogenated alkanes) is 35. The molecule has 0 N–H and O–H groups in total. The molecule has 0 aliphatic heterocycles. The van der Waals surface area contributed by atoms with Gasteiger partial charge in [-0.2, -0.15) is 0 Å². The predicted molar refractivity (Wildman–Crippen MR) is 215 cm³/mol. The van der Waals surface area contributed by atoms with Gasteiger partial charge in [-0.25, -0.2) is 8.42 Å². The second-order valence-corrected chi connectivity index (χ2v) is 16.5. The van der Waals surface area contributed by atoms with Crippen LogP contribution in [0.1, 0.15) is 258 Å². The number of rotatable bonds is 42. The Hall–Kier alpha value is 1.25. The van der Waals surface area contributed by atoms with Crippen molar-refractivity contribution in [2.24, 2.45) is 5.92 Å². The molecule has 0 aliphatic rings. The van der Waals surface area contributed by atoms with Gasteiger partial charge in [0, 0.05) is 5.92 Å². The van der Waals surface area contributed by atoms with Crippen molar-refractivity contribution in [3.8, 4) is 0 Å². The molecule has 0 aliphatic carbocycles. The van der Waals surface area contributed by atoms with Crippen LogP contribution in [0.5, 0.6) is 0 Å². The van der Waals surface area contributed by atoms with Crippen LogP contribution >= 0.6 is 0 Å². The van der Waals surface area contributed by atoms with E-state index < -0.39 is 10.4 Å². The summed E-state index contributed by atoms with van der Waals surface area (Å²) < 4.78 is 37.7. The summed E-state index contributed by atoms with van der Waals surface area (Å²) in [6.07, 6.45) is 55.6. The van der Waals surface area contributed by atoms with E-state index in [1.165, 1.54) is 225 Å². The summed E-state index contributed by atoms with van der Waals surface area (Å²) in [4.78, 5) is 0. The predicted octanol–water partition coefficient (Wildman–Crippen LogP) is 12.5. The van der Waals surface area contributed by atoms with Crippen molar-refractivity contribution in [3.05, 3.63) is 12.2 Å². The summed E-state index contributed by atoms with van der Waals surface area (Å²) in [5.74, 6) is 0.0142. The fourth-order valence-electron chi connectivity index (χ4n) is 7.17. The van der Waals surface area contributed by atoms with Crippen LogP contribution in [-0.2, 0) is 14.6 Å². The summed E-state index contributed by atoms with van der Waals surface area (Å²) in [7, 11) is -4.63. The van der Waals surface area contributed by atoms with Crippen molar-refractivity contribution in [3.63, 3.8) is 0 Å². The molecule has 0 aromatic heterocycles. The molecule has 0 aromatic rings. The molecule has 1 unspecified atom stereocenters. The van der Waals surface area contributed by atoms with E-state index in [1.807, 2.05) is 0 Å². The van der Waals surface area contributed by atoms with Crippen LogP contribution in [0, 0.1) is 5.92 Å². The van der Waals surface area contributed by atoms with Crippen molar-refractivity contribution in [1.29, 1.82) is 0 Å². The zero-order valence-electron chi connectivity index (χ0n) is 34.4. The van der Waals surface area contributed by atoms with Crippen molar-refractivity contribution >= 4 is 10.4 Å². The first-order valence-electron chi connectivity index (χ1n) is 22.3. The molecule has 294 valence electrons. The maximum absolute atomic E-state index is 11.0. The fraction of sp³-hybridized carbons (Fsp3) is 0.955. The summed E-state index contributed by atoms with van der Waals surface area (Å²) in [5.41, 5.74) is 0. The van der Waals surface area contributed by atoms with Crippen molar-refractivity contribution < 1.29 is 68.5 Å². The largest absolute Gasteiger partial charge is 1.00 e. The van der Waals surface area contributed by atoms with Gasteiger partial charge in [0.05, 0.1) is 6.61 Å². The minimum Gasteiger partial charge on any atom is -0.726 e. The van der Waals surface area contributed by atoms with Gasteiger partial charge >= 0.3 is 51.4 Å². The van der Waals surface area contributed by atoms with Gasteiger partial charge in [-0.1, -0.05) is 251 Å². The number of hydrogen-bond acceptors (Lipinski definition) is 4. The van der Waals surface area contributed by atoms with E-state index in [9.17, 15) is 13.0 Å². The molecule has 0 saturated heterocycles. The third-order valence-electron chi connectivity index (χ3n) is 10.5. The Morgan fingerprint density at radius 1 is 0.440 bits per heavy atom. The second-order valence-electron chi connectivity index (χ2n) is 15.5. The van der Waals surface area contributed by atoms with Gasteiger partial charge in [-0.15, -0.1) is 0 Å². The zero-order valence-corrected chi connectivity index (χ0v) is 38.3. The maximum Gasteiger partial charge on any atom is 1.00 e. The zero-order chi connectivity index (χ0) is 35.8. The second kappa shape index (κ2) is 44.6. The third kappa shape index (κ3) is 47.3. The molecule has 0 amide bonds. The van der Waals surface area contributed by atoms with E-state index >= 15 is 0 Å². The summed E-state index contributed by atoms with van der Waals surface area (Å²) >= 11 is 0. The molecule has 6 heteroatoms. The van der Waals surface area contributed by atoms with Crippen LogP contribution in [0.4, 0.5) is 0 Å². The fourth-order valence-corrected chi connectivity index (χ4v) is 7.51. The van der Waals surface area contributed by atoms with Gasteiger partial charge in [-0.05, 0) is 19.3 Å². The average molecular weight is 751 g/mol. The standard InChI is InChI=1S/C44H88O4S.K/c1-3-5-7-9-11-13-15-17-19-21-23-24-26-28-30-32-34-36-38-40-42-44(43-48-49(45,46)47)41-39-37-35-33-31-29-27-25-22-20-18-16-14-12-10-8-6-4-2;/h40,42,44H,3-39,41,43H2,1-2H3,(H,45,46,47);/q;+1/p-1/b42-40+;. The van der Waals surface area contributed by atoms with Crippen LogP contribution in [-0.4, -0.2) is 19.6 Å². The normalized spacial score (nSPS) is 12.5. The van der Waals surface area contributed by atoms with Gasteiger partial charge in [0.25, 0.3) is 0 Å². The smallest absolute Gasteiger partial charge is 0.726 e. The van der Waals surface area contributed by atoms with E-state index in [4.69, 9.17) is 0 Å². The Labute approximate surface area is 358 Å². The Morgan fingerprint density at radius 2 is 0.700 bits per heavy atom.